The Hall–Kier alpha value is -2.97. The highest BCUT2D eigenvalue weighted by Crippen LogP contribution is 2.20. The van der Waals surface area contributed by atoms with E-state index in [1.54, 1.807) is 6.20 Å². The van der Waals surface area contributed by atoms with Crippen molar-refractivity contribution in [2.24, 2.45) is 0 Å². The summed E-state index contributed by atoms with van der Waals surface area (Å²) in [5, 5.41) is 16.8. The molecule has 2 heterocycles. The molecule has 0 aliphatic heterocycles. The summed E-state index contributed by atoms with van der Waals surface area (Å²) in [6, 6.07) is 10.9. The Morgan fingerprint density at radius 3 is 3.08 bits per heavy atom. The molecule has 0 spiro atoms. The number of carbonyl (C=O) groups excluding carboxylic acids is 1. The van der Waals surface area contributed by atoms with Gasteiger partial charge >= 0.3 is 0 Å². The number of fused-ring (bicyclic) bond motifs is 1. The van der Waals surface area contributed by atoms with E-state index >= 15 is 0 Å². The van der Waals surface area contributed by atoms with Crippen molar-refractivity contribution in [1.29, 1.82) is 0 Å². The fraction of sp³-hybridized carbons (Fsp3) is 0.278. The van der Waals surface area contributed by atoms with Crippen molar-refractivity contribution >= 4 is 16.8 Å². The van der Waals surface area contributed by atoms with Crippen LogP contribution >= 0.6 is 0 Å². The number of carbonyl (C=O) groups is 1. The van der Waals surface area contributed by atoms with Gasteiger partial charge in [-0.15, -0.1) is 0 Å². The van der Waals surface area contributed by atoms with Crippen molar-refractivity contribution in [3.8, 4) is 5.75 Å². The molecule has 8 heteroatoms. The Balaban J connectivity index is 1.55. The molecule has 0 bridgehead atoms. The van der Waals surface area contributed by atoms with Crippen LogP contribution in [0.15, 0.2) is 47.1 Å². The second-order valence-electron chi connectivity index (χ2n) is 5.64. The number of nitrogens with one attached hydrogen (secondary N) is 1. The summed E-state index contributed by atoms with van der Waals surface area (Å²) in [5.41, 5.74) is 1.00. The fourth-order valence-corrected chi connectivity index (χ4v) is 2.34. The van der Waals surface area contributed by atoms with Crippen molar-refractivity contribution in [3.05, 3.63) is 54.0 Å². The van der Waals surface area contributed by atoms with E-state index in [2.05, 4.69) is 15.5 Å². The summed E-state index contributed by atoms with van der Waals surface area (Å²) >= 11 is 0. The van der Waals surface area contributed by atoms with Crippen LogP contribution in [0.3, 0.4) is 0 Å². The van der Waals surface area contributed by atoms with Gasteiger partial charge in [0.15, 0.2) is 11.5 Å². The highest BCUT2D eigenvalue weighted by Gasteiger charge is 2.14. The second kappa shape index (κ2) is 8.41. The molecule has 26 heavy (non-hydrogen) atoms. The van der Waals surface area contributed by atoms with E-state index in [0.29, 0.717) is 11.5 Å². The van der Waals surface area contributed by atoms with Gasteiger partial charge in [0.25, 0.3) is 5.91 Å². The summed E-state index contributed by atoms with van der Waals surface area (Å²) in [6.07, 6.45) is 0.958. The molecule has 0 unspecified atom stereocenters. The molecule has 0 radical (unpaired) electrons. The van der Waals surface area contributed by atoms with Crippen molar-refractivity contribution in [3.63, 3.8) is 0 Å². The van der Waals surface area contributed by atoms with Crippen LogP contribution in [0.2, 0.25) is 0 Å². The minimum atomic E-state index is -0.777. The maximum absolute atomic E-state index is 12.0. The third kappa shape index (κ3) is 4.56. The Morgan fingerprint density at radius 2 is 2.23 bits per heavy atom. The van der Waals surface area contributed by atoms with Crippen molar-refractivity contribution in [1.82, 2.24) is 15.5 Å². The molecule has 0 saturated carbocycles. The van der Waals surface area contributed by atoms with Gasteiger partial charge in [-0.05, 0) is 24.3 Å². The Labute approximate surface area is 149 Å². The number of ether oxygens (including phenoxy) is 2. The molecule has 0 aliphatic rings. The molecule has 3 rings (SSSR count). The molecule has 0 aliphatic carbocycles. The lowest BCUT2D eigenvalue weighted by molar-refractivity contribution is 0.0607. The minimum Gasteiger partial charge on any atom is -0.486 e. The van der Waals surface area contributed by atoms with Crippen LogP contribution in [0.25, 0.3) is 10.9 Å². The number of aliphatic hydroxyl groups excluding tert-OH is 1. The number of aromatic nitrogens is 2. The summed E-state index contributed by atoms with van der Waals surface area (Å²) in [5.74, 6) is 0.640. The summed E-state index contributed by atoms with van der Waals surface area (Å²) in [7, 11) is 1.47. The highest BCUT2D eigenvalue weighted by molar-refractivity contribution is 5.92. The lowest BCUT2D eigenvalue weighted by atomic mass is 10.2. The molecule has 136 valence electrons. The molecular weight excluding hydrogens is 338 g/mol. The Bertz CT molecular complexity index is 880. The summed E-state index contributed by atoms with van der Waals surface area (Å²) in [6.45, 7) is 0.342. The van der Waals surface area contributed by atoms with Gasteiger partial charge in [-0.2, -0.15) is 0 Å². The molecule has 1 aromatic carbocycles. The molecule has 1 atom stereocenters. The first kappa shape index (κ1) is 17.8. The summed E-state index contributed by atoms with van der Waals surface area (Å²) in [4.78, 5) is 16.2. The van der Waals surface area contributed by atoms with E-state index in [1.165, 1.54) is 13.2 Å². The number of pyridine rings is 1. The first-order valence-corrected chi connectivity index (χ1v) is 8.04. The van der Waals surface area contributed by atoms with E-state index in [0.717, 1.165) is 10.9 Å². The average Bonchev–Trinajstić information content (AvgIpc) is 3.14. The molecule has 1 amide bonds. The largest absolute Gasteiger partial charge is 0.486 e. The third-order valence-corrected chi connectivity index (χ3v) is 3.60. The van der Waals surface area contributed by atoms with Gasteiger partial charge in [0.05, 0.1) is 18.2 Å². The quantitative estimate of drug-likeness (QED) is 0.630. The topological polar surface area (TPSA) is 107 Å². The van der Waals surface area contributed by atoms with Gasteiger partial charge in [-0.3, -0.25) is 9.78 Å². The van der Waals surface area contributed by atoms with Gasteiger partial charge in [-0.1, -0.05) is 11.2 Å². The van der Waals surface area contributed by atoms with Gasteiger partial charge in [-0.25, -0.2) is 0 Å². The number of rotatable bonds is 8. The third-order valence-electron chi connectivity index (χ3n) is 3.60. The number of hydrogen-bond donors (Lipinski definition) is 2. The van der Waals surface area contributed by atoms with E-state index < -0.39 is 12.0 Å². The zero-order chi connectivity index (χ0) is 18.4. The van der Waals surface area contributed by atoms with Crippen LogP contribution in [-0.4, -0.2) is 47.5 Å². The van der Waals surface area contributed by atoms with Crippen LogP contribution in [0.4, 0.5) is 0 Å². The number of benzene rings is 1. The molecule has 2 N–H and O–H groups in total. The Kier molecular flexibility index (Phi) is 5.77. The zero-order valence-electron chi connectivity index (χ0n) is 14.2. The van der Waals surface area contributed by atoms with Crippen LogP contribution < -0.4 is 10.1 Å². The van der Waals surface area contributed by atoms with Crippen LogP contribution in [0.1, 0.15) is 16.2 Å². The first-order chi connectivity index (χ1) is 12.7. The first-order valence-electron chi connectivity index (χ1n) is 8.04. The molecule has 2 aromatic heterocycles. The SMILES string of the molecule is COC[C@H](O)CNC(=O)c1cc(COc2ccc3ncccc3c2)on1. The standard InChI is InChI=1S/C18H19N3O5/c1-24-10-13(22)9-20-18(23)17-8-15(26-21-17)11-25-14-4-5-16-12(7-14)3-2-6-19-16/h2-8,13,22H,9-11H2,1H3,(H,20,23)/t13-/m1/s1. The minimum absolute atomic E-state index is 0.0660. The second-order valence-corrected chi connectivity index (χ2v) is 5.64. The number of hydrogen-bond acceptors (Lipinski definition) is 7. The van der Waals surface area contributed by atoms with Crippen LogP contribution in [-0.2, 0) is 11.3 Å². The van der Waals surface area contributed by atoms with E-state index in [4.69, 9.17) is 14.0 Å². The van der Waals surface area contributed by atoms with E-state index in [9.17, 15) is 9.90 Å². The number of methoxy groups -OCH3 is 1. The van der Waals surface area contributed by atoms with Crippen molar-refractivity contribution in [2.45, 2.75) is 12.7 Å². The zero-order valence-corrected chi connectivity index (χ0v) is 14.2. The fourth-order valence-electron chi connectivity index (χ4n) is 2.34. The lowest BCUT2D eigenvalue weighted by Crippen LogP contribution is -2.34. The van der Waals surface area contributed by atoms with E-state index in [1.807, 2.05) is 30.3 Å². The monoisotopic (exact) mass is 357 g/mol. The van der Waals surface area contributed by atoms with Gasteiger partial charge < -0.3 is 24.4 Å². The normalized spacial score (nSPS) is 12.1. The predicted octanol–water partition coefficient (Wildman–Crippen LogP) is 1.54. The molecule has 0 fully saturated rings. The van der Waals surface area contributed by atoms with Crippen molar-refractivity contribution in [2.75, 3.05) is 20.3 Å². The molecular formula is C18H19N3O5. The molecule has 8 nitrogen and oxygen atoms in total. The van der Waals surface area contributed by atoms with Gasteiger partial charge in [0.2, 0.25) is 0 Å². The number of aliphatic hydroxyl groups is 1. The van der Waals surface area contributed by atoms with E-state index in [-0.39, 0.29) is 25.5 Å². The predicted molar refractivity (Wildman–Crippen MR) is 92.8 cm³/mol. The van der Waals surface area contributed by atoms with Gasteiger partial charge in [0, 0.05) is 31.3 Å². The van der Waals surface area contributed by atoms with Crippen molar-refractivity contribution < 1.29 is 23.9 Å². The lowest BCUT2D eigenvalue weighted by Gasteiger charge is -2.09. The smallest absolute Gasteiger partial charge is 0.273 e. The highest BCUT2D eigenvalue weighted by atomic mass is 16.5. The maximum Gasteiger partial charge on any atom is 0.273 e. The maximum atomic E-state index is 12.0. The number of nitrogens with zero attached hydrogens (tertiary/aromatic N) is 2. The Morgan fingerprint density at radius 1 is 1.35 bits per heavy atom. The molecule has 3 aromatic rings. The van der Waals surface area contributed by atoms with Gasteiger partial charge in [0.1, 0.15) is 12.4 Å². The average molecular weight is 357 g/mol. The van der Waals surface area contributed by atoms with Crippen LogP contribution in [0.5, 0.6) is 5.75 Å². The summed E-state index contributed by atoms with van der Waals surface area (Å²) < 4.78 is 15.6. The number of amides is 1. The molecule has 0 saturated heterocycles. The van der Waals surface area contributed by atoms with Crippen LogP contribution in [0, 0.1) is 0 Å².